The minimum Gasteiger partial charge on any atom is -0.504 e. The number of amides is 1. The van der Waals surface area contributed by atoms with Gasteiger partial charge in [-0.25, -0.2) is 0 Å². The van der Waals surface area contributed by atoms with Crippen molar-refractivity contribution in [1.29, 1.82) is 0 Å². The number of phenolic OH excluding ortho intramolecular Hbond substituents is 1. The minimum absolute atomic E-state index is 0.00852. The number of ether oxygens (including phenoxy) is 1. The van der Waals surface area contributed by atoms with Crippen molar-refractivity contribution in [1.82, 2.24) is 10.2 Å². The van der Waals surface area contributed by atoms with Gasteiger partial charge in [-0.15, -0.1) is 0 Å². The lowest BCUT2D eigenvalue weighted by Crippen LogP contribution is -2.39. The van der Waals surface area contributed by atoms with Gasteiger partial charge in [0.1, 0.15) is 0 Å². The number of hydrogen-bond acceptors (Lipinski definition) is 4. The number of rotatable bonds is 3. The molecule has 0 aliphatic carbocycles. The van der Waals surface area contributed by atoms with Gasteiger partial charge >= 0.3 is 0 Å². The Morgan fingerprint density at radius 2 is 2.29 bits per heavy atom. The normalized spacial score (nSPS) is 27.7. The lowest BCUT2D eigenvalue weighted by atomic mass is 9.93. The SMILES string of the molecule is CCC1C2CNCC2CN1C(=O)c1ccc(OC)c(O)c1. The molecule has 3 atom stereocenters. The van der Waals surface area contributed by atoms with Crippen LogP contribution in [0.25, 0.3) is 0 Å². The van der Waals surface area contributed by atoms with E-state index in [-0.39, 0.29) is 11.7 Å². The van der Waals surface area contributed by atoms with Gasteiger partial charge in [-0.05, 0) is 36.5 Å². The quantitative estimate of drug-likeness (QED) is 0.885. The van der Waals surface area contributed by atoms with Crippen LogP contribution in [0.3, 0.4) is 0 Å². The summed E-state index contributed by atoms with van der Waals surface area (Å²) in [5.74, 6) is 1.53. The monoisotopic (exact) mass is 290 g/mol. The predicted molar refractivity (Wildman–Crippen MR) is 79.6 cm³/mol. The topological polar surface area (TPSA) is 61.8 Å². The van der Waals surface area contributed by atoms with Crippen molar-refractivity contribution in [3.05, 3.63) is 23.8 Å². The fourth-order valence-electron chi connectivity index (χ4n) is 3.77. The third-order valence-corrected chi connectivity index (χ3v) is 4.82. The molecule has 2 fully saturated rings. The van der Waals surface area contributed by atoms with E-state index < -0.39 is 0 Å². The molecule has 0 spiro atoms. The van der Waals surface area contributed by atoms with Crippen LogP contribution < -0.4 is 10.1 Å². The fourth-order valence-corrected chi connectivity index (χ4v) is 3.77. The number of carbonyl (C=O) groups is 1. The zero-order chi connectivity index (χ0) is 15.0. The number of carbonyl (C=O) groups excluding carboxylic acids is 1. The maximum Gasteiger partial charge on any atom is 0.254 e. The molecular weight excluding hydrogens is 268 g/mol. The lowest BCUT2D eigenvalue weighted by molar-refractivity contribution is 0.0711. The molecule has 0 saturated carbocycles. The summed E-state index contributed by atoms with van der Waals surface area (Å²) >= 11 is 0. The molecule has 3 unspecified atom stereocenters. The molecule has 114 valence electrons. The number of likely N-dealkylation sites (tertiary alicyclic amines) is 1. The molecule has 2 aliphatic heterocycles. The van der Waals surface area contributed by atoms with E-state index in [9.17, 15) is 9.90 Å². The Morgan fingerprint density at radius 3 is 2.95 bits per heavy atom. The molecule has 21 heavy (non-hydrogen) atoms. The maximum atomic E-state index is 12.8. The summed E-state index contributed by atoms with van der Waals surface area (Å²) in [7, 11) is 1.50. The van der Waals surface area contributed by atoms with Crippen molar-refractivity contribution < 1.29 is 14.6 Å². The van der Waals surface area contributed by atoms with Gasteiger partial charge < -0.3 is 20.1 Å². The van der Waals surface area contributed by atoms with Crippen molar-refractivity contribution in [2.24, 2.45) is 11.8 Å². The number of nitrogens with one attached hydrogen (secondary N) is 1. The number of phenols is 1. The number of methoxy groups -OCH3 is 1. The van der Waals surface area contributed by atoms with Crippen molar-refractivity contribution in [2.45, 2.75) is 19.4 Å². The van der Waals surface area contributed by atoms with Crippen LogP contribution in [0.2, 0.25) is 0 Å². The highest BCUT2D eigenvalue weighted by Gasteiger charge is 2.45. The summed E-state index contributed by atoms with van der Waals surface area (Å²) in [6, 6.07) is 5.16. The first-order chi connectivity index (χ1) is 10.2. The smallest absolute Gasteiger partial charge is 0.254 e. The molecule has 0 bridgehead atoms. The largest absolute Gasteiger partial charge is 0.504 e. The maximum absolute atomic E-state index is 12.8. The van der Waals surface area contributed by atoms with Crippen LogP contribution in [-0.4, -0.2) is 48.7 Å². The van der Waals surface area contributed by atoms with Crippen LogP contribution in [0.15, 0.2) is 18.2 Å². The zero-order valence-electron chi connectivity index (χ0n) is 12.5. The number of hydrogen-bond donors (Lipinski definition) is 2. The second kappa shape index (κ2) is 5.56. The van der Waals surface area contributed by atoms with Gasteiger partial charge in [-0.1, -0.05) is 6.92 Å². The standard InChI is InChI=1S/C16H22N2O3/c1-3-13-12-8-17-7-11(12)9-18(13)16(20)10-4-5-15(21-2)14(19)6-10/h4-6,11-13,17,19H,3,7-9H2,1-2H3. The second-order valence-corrected chi connectivity index (χ2v) is 5.90. The zero-order valence-corrected chi connectivity index (χ0v) is 12.5. The van der Waals surface area contributed by atoms with E-state index in [4.69, 9.17) is 4.74 Å². The Bertz CT molecular complexity index is 546. The molecule has 3 rings (SSSR count). The summed E-state index contributed by atoms with van der Waals surface area (Å²) in [6.45, 7) is 4.94. The van der Waals surface area contributed by atoms with Crippen molar-refractivity contribution in [3.63, 3.8) is 0 Å². The molecule has 1 aromatic carbocycles. The summed E-state index contributed by atoms with van der Waals surface area (Å²) in [5.41, 5.74) is 0.527. The summed E-state index contributed by atoms with van der Waals surface area (Å²) in [5, 5.41) is 13.3. The molecule has 2 heterocycles. The second-order valence-electron chi connectivity index (χ2n) is 5.90. The molecule has 2 saturated heterocycles. The van der Waals surface area contributed by atoms with E-state index in [1.54, 1.807) is 12.1 Å². The fraction of sp³-hybridized carbons (Fsp3) is 0.562. The van der Waals surface area contributed by atoms with Crippen LogP contribution in [0.5, 0.6) is 11.5 Å². The number of benzene rings is 1. The Morgan fingerprint density at radius 1 is 1.48 bits per heavy atom. The highest BCUT2D eigenvalue weighted by molar-refractivity contribution is 5.95. The molecule has 1 aromatic rings. The average molecular weight is 290 g/mol. The van der Waals surface area contributed by atoms with E-state index in [2.05, 4.69) is 12.2 Å². The van der Waals surface area contributed by atoms with E-state index in [1.807, 2.05) is 4.90 Å². The molecule has 1 amide bonds. The highest BCUT2D eigenvalue weighted by atomic mass is 16.5. The Kier molecular flexibility index (Phi) is 3.76. The van der Waals surface area contributed by atoms with Crippen LogP contribution in [-0.2, 0) is 0 Å². The first-order valence-corrected chi connectivity index (χ1v) is 7.54. The number of fused-ring (bicyclic) bond motifs is 1. The van der Waals surface area contributed by atoms with Gasteiger partial charge in [0.25, 0.3) is 5.91 Å². The van der Waals surface area contributed by atoms with Gasteiger partial charge in [-0.2, -0.15) is 0 Å². The van der Waals surface area contributed by atoms with E-state index in [0.29, 0.717) is 29.2 Å². The Labute approximate surface area is 124 Å². The third kappa shape index (κ3) is 2.35. The Balaban J connectivity index is 1.83. The lowest BCUT2D eigenvalue weighted by Gasteiger charge is -2.27. The van der Waals surface area contributed by atoms with Gasteiger partial charge in [0, 0.05) is 31.2 Å². The number of nitrogens with zero attached hydrogens (tertiary/aromatic N) is 1. The first-order valence-electron chi connectivity index (χ1n) is 7.54. The van der Waals surface area contributed by atoms with Crippen LogP contribution in [0.1, 0.15) is 23.7 Å². The minimum atomic E-state index is 0.00852. The summed E-state index contributed by atoms with van der Waals surface area (Å²) < 4.78 is 5.02. The molecular formula is C16H22N2O3. The van der Waals surface area contributed by atoms with Gasteiger partial charge in [-0.3, -0.25) is 4.79 Å². The van der Waals surface area contributed by atoms with E-state index in [1.165, 1.54) is 13.2 Å². The molecule has 5 heteroatoms. The first kappa shape index (κ1) is 14.2. The van der Waals surface area contributed by atoms with Crippen LogP contribution >= 0.6 is 0 Å². The number of aromatic hydroxyl groups is 1. The van der Waals surface area contributed by atoms with Crippen LogP contribution in [0.4, 0.5) is 0 Å². The molecule has 2 N–H and O–H groups in total. The highest BCUT2D eigenvalue weighted by Crippen LogP contribution is 2.36. The predicted octanol–water partition coefficient (Wildman–Crippen LogP) is 1.47. The Hall–Kier alpha value is -1.75. The van der Waals surface area contributed by atoms with Gasteiger partial charge in [0.2, 0.25) is 0 Å². The summed E-state index contributed by atoms with van der Waals surface area (Å²) in [6.07, 6.45) is 0.969. The third-order valence-electron chi connectivity index (χ3n) is 4.82. The van der Waals surface area contributed by atoms with Crippen LogP contribution in [0, 0.1) is 11.8 Å². The van der Waals surface area contributed by atoms with Gasteiger partial charge in [0.15, 0.2) is 11.5 Å². The van der Waals surface area contributed by atoms with Gasteiger partial charge in [0.05, 0.1) is 7.11 Å². The van der Waals surface area contributed by atoms with Crippen molar-refractivity contribution >= 4 is 5.91 Å². The van der Waals surface area contributed by atoms with E-state index >= 15 is 0 Å². The average Bonchev–Trinajstić information content (AvgIpc) is 3.06. The summed E-state index contributed by atoms with van der Waals surface area (Å²) in [4.78, 5) is 14.7. The molecule has 2 aliphatic rings. The van der Waals surface area contributed by atoms with E-state index in [0.717, 1.165) is 26.1 Å². The van der Waals surface area contributed by atoms with Crippen molar-refractivity contribution in [2.75, 3.05) is 26.7 Å². The molecule has 5 nitrogen and oxygen atoms in total. The van der Waals surface area contributed by atoms with Crippen molar-refractivity contribution in [3.8, 4) is 11.5 Å². The molecule has 0 radical (unpaired) electrons. The molecule has 0 aromatic heterocycles.